The van der Waals surface area contributed by atoms with Crippen molar-refractivity contribution in [1.29, 1.82) is 0 Å². The molecule has 0 aliphatic carbocycles. The van der Waals surface area contributed by atoms with Gasteiger partial charge in [-0.25, -0.2) is 0 Å². The summed E-state index contributed by atoms with van der Waals surface area (Å²) in [6, 6.07) is 0. The molecule has 0 saturated carbocycles. The molecule has 0 amide bonds. The maximum absolute atomic E-state index is 12.4. The second-order valence-corrected chi connectivity index (χ2v) is 5.68. The van der Waals surface area contributed by atoms with Gasteiger partial charge in [0.25, 0.3) is 0 Å². The molecule has 0 aromatic carbocycles. The van der Waals surface area contributed by atoms with E-state index >= 15 is 0 Å². The molecule has 1 unspecified atom stereocenters. The summed E-state index contributed by atoms with van der Waals surface area (Å²) in [4.78, 5) is 12.4. The zero-order valence-corrected chi connectivity index (χ0v) is 13.1. The van der Waals surface area contributed by atoms with Crippen LogP contribution in [0.15, 0.2) is 12.4 Å². The molecule has 20 heavy (non-hydrogen) atoms. The van der Waals surface area contributed by atoms with Crippen molar-refractivity contribution in [3.8, 4) is 0 Å². The van der Waals surface area contributed by atoms with E-state index in [0.717, 1.165) is 18.5 Å². The van der Waals surface area contributed by atoms with Crippen molar-refractivity contribution in [1.82, 2.24) is 9.78 Å². The molecule has 1 aromatic rings. The predicted molar refractivity (Wildman–Crippen MR) is 79.2 cm³/mol. The minimum absolute atomic E-state index is 0.194. The van der Waals surface area contributed by atoms with Gasteiger partial charge in [-0.15, -0.1) is 0 Å². The smallest absolute Gasteiger partial charge is 0.313 e. The van der Waals surface area contributed by atoms with Gasteiger partial charge in [-0.2, -0.15) is 5.10 Å². The fourth-order valence-electron chi connectivity index (χ4n) is 2.59. The van der Waals surface area contributed by atoms with Gasteiger partial charge < -0.3 is 10.5 Å². The molecule has 2 N–H and O–H groups in total. The number of aromatic nitrogens is 2. The van der Waals surface area contributed by atoms with Crippen LogP contribution < -0.4 is 5.73 Å². The fraction of sp³-hybridized carbons (Fsp3) is 0.733. The zero-order chi connectivity index (χ0) is 15.2. The summed E-state index contributed by atoms with van der Waals surface area (Å²) in [7, 11) is 0. The summed E-state index contributed by atoms with van der Waals surface area (Å²) in [5.74, 6) is 0.185. The lowest BCUT2D eigenvalue weighted by molar-refractivity contribution is -0.156. The Hall–Kier alpha value is -1.36. The number of aryl methyl sites for hydroxylation is 1. The molecule has 5 nitrogen and oxygen atoms in total. The van der Waals surface area contributed by atoms with Gasteiger partial charge in [0.1, 0.15) is 0 Å². The third kappa shape index (κ3) is 4.07. The normalized spacial score (nSPS) is 14.3. The van der Waals surface area contributed by atoms with E-state index < -0.39 is 5.41 Å². The molecule has 5 heteroatoms. The van der Waals surface area contributed by atoms with Crippen molar-refractivity contribution in [3.63, 3.8) is 0 Å². The highest BCUT2D eigenvalue weighted by atomic mass is 16.5. The number of esters is 1. The average molecular weight is 281 g/mol. The molecule has 1 aromatic heterocycles. The van der Waals surface area contributed by atoms with Crippen molar-refractivity contribution >= 4 is 5.97 Å². The summed E-state index contributed by atoms with van der Waals surface area (Å²) >= 11 is 0. The maximum Gasteiger partial charge on any atom is 0.313 e. The van der Waals surface area contributed by atoms with E-state index in [9.17, 15) is 4.79 Å². The number of carbonyl (C=O) groups is 1. The molecule has 0 aliphatic rings. The number of ether oxygens (including phenoxy) is 1. The van der Waals surface area contributed by atoms with Crippen molar-refractivity contribution in [2.24, 2.45) is 17.1 Å². The summed E-state index contributed by atoms with van der Waals surface area (Å²) < 4.78 is 7.12. The van der Waals surface area contributed by atoms with Gasteiger partial charge in [-0.3, -0.25) is 9.48 Å². The Morgan fingerprint density at radius 2 is 2.20 bits per heavy atom. The Labute approximate surface area is 121 Å². The number of nitrogens with zero attached hydrogens (tertiary/aromatic N) is 2. The van der Waals surface area contributed by atoms with Crippen LogP contribution in [0.2, 0.25) is 0 Å². The quantitative estimate of drug-likeness (QED) is 0.740. The first-order valence-electron chi connectivity index (χ1n) is 7.36. The SMILES string of the molecule is CCOC(=O)C(CN)(Cc1cnn(CC)c1)CC(C)C. The molecule has 114 valence electrons. The second-order valence-electron chi connectivity index (χ2n) is 5.68. The van der Waals surface area contributed by atoms with E-state index in [1.54, 1.807) is 0 Å². The Morgan fingerprint density at radius 3 is 2.65 bits per heavy atom. The molecule has 0 radical (unpaired) electrons. The van der Waals surface area contributed by atoms with Gasteiger partial charge in [-0.1, -0.05) is 13.8 Å². The highest BCUT2D eigenvalue weighted by molar-refractivity contribution is 5.77. The highest BCUT2D eigenvalue weighted by Gasteiger charge is 2.39. The van der Waals surface area contributed by atoms with Crippen LogP contribution in [0, 0.1) is 11.3 Å². The summed E-state index contributed by atoms with van der Waals surface area (Å²) in [6.45, 7) is 9.54. The predicted octanol–water partition coefficient (Wildman–Crippen LogP) is 2.00. The van der Waals surface area contributed by atoms with E-state index in [2.05, 4.69) is 18.9 Å². The van der Waals surface area contributed by atoms with Crippen molar-refractivity contribution in [3.05, 3.63) is 18.0 Å². The van der Waals surface area contributed by atoms with Crippen molar-refractivity contribution in [2.45, 2.75) is 47.1 Å². The van der Waals surface area contributed by atoms with Gasteiger partial charge in [0.05, 0.1) is 18.2 Å². The van der Waals surface area contributed by atoms with Crippen LogP contribution in [0.25, 0.3) is 0 Å². The number of nitrogens with two attached hydrogens (primary N) is 1. The Bertz CT molecular complexity index is 429. The van der Waals surface area contributed by atoms with E-state index in [1.807, 2.05) is 30.9 Å². The van der Waals surface area contributed by atoms with Crippen LogP contribution in [0.4, 0.5) is 0 Å². The van der Waals surface area contributed by atoms with Crippen LogP contribution in [-0.4, -0.2) is 28.9 Å². The molecule has 0 bridgehead atoms. The third-order valence-corrected chi connectivity index (χ3v) is 3.45. The van der Waals surface area contributed by atoms with E-state index in [-0.39, 0.29) is 5.97 Å². The molecule has 1 atom stereocenters. The number of hydrogen-bond donors (Lipinski definition) is 1. The Balaban J connectivity index is 2.98. The standard InChI is InChI=1S/C15H27N3O2/c1-5-18-10-13(9-17-18)8-15(11-16,7-12(3)4)14(19)20-6-2/h9-10,12H,5-8,11,16H2,1-4H3. The minimum atomic E-state index is -0.647. The fourth-order valence-corrected chi connectivity index (χ4v) is 2.59. The largest absolute Gasteiger partial charge is 0.466 e. The van der Waals surface area contributed by atoms with Crippen LogP contribution >= 0.6 is 0 Å². The van der Waals surface area contributed by atoms with Crippen molar-refractivity contribution < 1.29 is 9.53 Å². The second kappa shape index (κ2) is 7.43. The molecule has 1 rings (SSSR count). The lowest BCUT2D eigenvalue weighted by atomic mass is 9.76. The number of hydrogen-bond acceptors (Lipinski definition) is 4. The van der Waals surface area contributed by atoms with Crippen LogP contribution in [0.3, 0.4) is 0 Å². The number of rotatable bonds is 8. The zero-order valence-electron chi connectivity index (χ0n) is 13.1. The van der Waals surface area contributed by atoms with E-state index in [0.29, 0.717) is 25.5 Å². The first-order chi connectivity index (χ1) is 9.47. The van der Waals surface area contributed by atoms with E-state index in [1.165, 1.54) is 0 Å². The molecule has 0 aliphatic heterocycles. The Kier molecular flexibility index (Phi) is 6.20. The first-order valence-corrected chi connectivity index (χ1v) is 7.36. The lowest BCUT2D eigenvalue weighted by Gasteiger charge is -2.31. The lowest BCUT2D eigenvalue weighted by Crippen LogP contribution is -2.43. The maximum atomic E-state index is 12.4. The molecule has 0 saturated heterocycles. The minimum Gasteiger partial charge on any atom is -0.466 e. The topological polar surface area (TPSA) is 70.1 Å². The summed E-state index contributed by atoms with van der Waals surface area (Å²) in [6.07, 6.45) is 5.09. The highest BCUT2D eigenvalue weighted by Crippen LogP contribution is 2.31. The van der Waals surface area contributed by atoms with Gasteiger partial charge in [0.2, 0.25) is 0 Å². The van der Waals surface area contributed by atoms with Crippen LogP contribution in [0.5, 0.6) is 0 Å². The van der Waals surface area contributed by atoms with Gasteiger partial charge in [0, 0.05) is 19.3 Å². The number of carbonyl (C=O) groups excluding carboxylic acids is 1. The van der Waals surface area contributed by atoms with Gasteiger partial charge in [0.15, 0.2) is 0 Å². The molecule has 1 heterocycles. The third-order valence-electron chi connectivity index (χ3n) is 3.45. The Morgan fingerprint density at radius 1 is 1.50 bits per heavy atom. The molecule has 0 spiro atoms. The molecular formula is C15H27N3O2. The van der Waals surface area contributed by atoms with Crippen LogP contribution in [0.1, 0.15) is 39.7 Å². The van der Waals surface area contributed by atoms with Crippen molar-refractivity contribution in [2.75, 3.05) is 13.2 Å². The monoisotopic (exact) mass is 281 g/mol. The average Bonchev–Trinajstić information content (AvgIpc) is 2.85. The summed E-state index contributed by atoms with van der Waals surface area (Å²) in [5, 5.41) is 4.26. The molecule has 0 fully saturated rings. The molecular weight excluding hydrogens is 254 g/mol. The van der Waals surface area contributed by atoms with Gasteiger partial charge >= 0.3 is 5.97 Å². The van der Waals surface area contributed by atoms with Crippen LogP contribution in [-0.2, 0) is 22.5 Å². The van der Waals surface area contributed by atoms with Gasteiger partial charge in [-0.05, 0) is 38.2 Å². The van der Waals surface area contributed by atoms with E-state index in [4.69, 9.17) is 10.5 Å². The first kappa shape index (κ1) is 16.7. The summed E-state index contributed by atoms with van der Waals surface area (Å²) in [5.41, 5.74) is 6.33.